The molecule has 0 radical (unpaired) electrons. The molecule has 50 heavy (non-hydrogen) atoms. The summed E-state index contributed by atoms with van der Waals surface area (Å²) in [7, 11) is 0. The third-order valence-electron chi connectivity index (χ3n) is 9.73. The van der Waals surface area contributed by atoms with Crippen molar-refractivity contribution in [1.29, 1.82) is 0 Å². The van der Waals surface area contributed by atoms with Crippen LogP contribution in [0.15, 0.2) is 161 Å². The molecule has 0 saturated carbocycles. The number of fused-ring (bicyclic) bond motifs is 8. The summed E-state index contributed by atoms with van der Waals surface area (Å²) in [4.78, 5) is 31.3. The van der Waals surface area contributed by atoms with Crippen LogP contribution in [0.4, 0.5) is 21.5 Å². The molecule has 0 unspecified atom stereocenters. The Morgan fingerprint density at radius 1 is 0.480 bits per heavy atom. The zero-order valence-electron chi connectivity index (χ0n) is 26.4. The average molecular weight is 665 g/mol. The minimum atomic E-state index is -0.450. The summed E-state index contributed by atoms with van der Waals surface area (Å²) in [5.41, 5.74) is 5.86. The van der Waals surface area contributed by atoms with Crippen molar-refractivity contribution in [3.63, 3.8) is 0 Å². The van der Waals surface area contributed by atoms with Gasteiger partial charge in [-0.2, -0.15) is 0 Å². The van der Waals surface area contributed by atoms with Crippen LogP contribution in [-0.2, 0) is 0 Å². The molecule has 6 heteroatoms. The normalized spacial score (nSPS) is 11.9. The van der Waals surface area contributed by atoms with Gasteiger partial charge in [0.15, 0.2) is 10.9 Å². The highest BCUT2D eigenvalue weighted by molar-refractivity contribution is 7.26. The summed E-state index contributed by atoms with van der Waals surface area (Å²) >= 11 is 1.64. The second-order valence-electron chi connectivity index (χ2n) is 12.6. The fourth-order valence-electron chi connectivity index (χ4n) is 7.55. The summed E-state index contributed by atoms with van der Waals surface area (Å²) in [5.74, 6) is -0.450. The van der Waals surface area contributed by atoms with Crippen molar-refractivity contribution in [3.05, 3.63) is 178 Å². The van der Waals surface area contributed by atoms with E-state index in [1.807, 2.05) is 95.4 Å². The molecule has 10 rings (SSSR count). The highest BCUT2D eigenvalue weighted by Gasteiger charge is 2.22. The molecule has 3 heterocycles. The second kappa shape index (κ2) is 10.8. The number of rotatable bonds is 4. The monoisotopic (exact) mass is 664 g/mol. The van der Waals surface area contributed by atoms with Crippen molar-refractivity contribution in [2.45, 2.75) is 0 Å². The Morgan fingerprint density at radius 3 is 1.82 bits per heavy atom. The molecule has 0 fully saturated rings. The topological polar surface area (TPSA) is 41.8 Å². The third kappa shape index (κ3) is 4.15. The molecule has 0 bridgehead atoms. The molecule has 0 aliphatic carbocycles. The van der Waals surface area contributed by atoms with Crippen molar-refractivity contribution in [1.82, 2.24) is 4.40 Å². The van der Waals surface area contributed by atoms with E-state index < -0.39 is 5.82 Å². The number of halogens is 1. The lowest BCUT2D eigenvalue weighted by atomic mass is 9.96. The predicted molar refractivity (Wildman–Crippen MR) is 207 cm³/mol. The first-order valence-corrected chi connectivity index (χ1v) is 17.2. The SMILES string of the molecule is O=c1c2ccc(F)cc2n2c3ccc4sc5ccc(N(c6ccccc6)c6ccccc6)cc5c4c3c(=O)c3cc(-c4ccccc4)cc1c32. The molecular formula is C44H25FN2O2S. The maximum atomic E-state index is 15.0. The molecule has 4 nitrogen and oxygen atoms in total. The number of anilines is 3. The maximum absolute atomic E-state index is 15.0. The van der Waals surface area contributed by atoms with E-state index in [9.17, 15) is 9.18 Å². The summed E-state index contributed by atoms with van der Waals surface area (Å²) in [6, 6.07) is 48.6. The van der Waals surface area contributed by atoms with E-state index in [0.29, 0.717) is 38.1 Å². The molecule has 236 valence electrons. The molecule has 0 N–H and O–H groups in total. The number of hydrogen-bond donors (Lipinski definition) is 0. The highest BCUT2D eigenvalue weighted by Crippen LogP contribution is 2.43. The first-order chi connectivity index (χ1) is 24.5. The average Bonchev–Trinajstić information content (AvgIpc) is 3.54. The first-order valence-electron chi connectivity index (χ1n) is 16.4. The molecule has 0 spiro atoms. The van der Waals surface area contributed by atoms with Crippen LogP contribution < -0.4 is 15.8 Å². The van der Waals surface area contributed by atoms with Crippen LogP contribution >= 0.6 is 11.3 Å². The Kier molecular flexibility index (Phi) is 6.19. The van der Waals surface area contributed by atoms with Gasteiger partial charge >= 0.3 is 0 Å². The molecule has 3 aromatic heterocycles. The Bertz CT molecular complexity index is 3050. The van der Waals surface area contributed by atoms with Gasteiger partial charge in [-0.3, -0.25) is 9.59 Å². The van der Waals surface area contributed by atoms with Crippen molar-refractivity contribution in [2.24, 2.45) is 0 Å². The number of para-hydroxylation sites is 2. The number of aromatic nitrogens is 1. The van der Waals surface area contributed by atoms with Crippen LogP contribution in [0.3, 0.4) is 0 Å². The third-order valence-corrected chi connectivity index (χ3v) is 10.9. The van der Waals surface area contributed by atoms with Gasteiger partial charge in [-0.05, 0) is 96.1 Å². The van der Waals surface area contributed by atoms with Crippen molar-refractivity contribution in [3.8, 4) is 11.1 Å². The molecule has 0 saturated heterocycles. The van der Waals surface area contributed by atoms with Gasteiger partial charge in [-0.1, -0.05) is 66.7 Å². The number of thiophene rings is 1. The maximum Gasteiger partial charge on any atom is 0.197 e. The van der Waals surface area contributed by atoms with Crippen LogP contribution in [0, 0.1) is 5.82 Å². The summed E-state index contributed by atoms with van der Waals surface area (Å²) in [5, 5.41) is 3.61. The Hall–Kier alpha value is -6.37. The molecule has 0 amide bonds. The molecule has 10 aromatic rings. The minimum absolute atomic E-state index is 0.156. The Morgan fingerprint density at radius 2 is 1.12 bits per heavy atom. The summed E-state index contributed by atoms with van der Waals surface area (Å²) < 4.78 is 18.9. The summed E-state index contributed by atoms with van der Waals surface area (Å²) in [6.45, 7) is 0. The van der Waals surface area contributed by atoms with Crippen LogP contribution in [0.2, 0.25) is 0 Å². The van der Waals surface area contributed by atoms with Crippen LogP contribution in [0.1, 0.15) is 0 Å². The lowest BCUT2D eigenvalue weighted by molar-refractivity contribution is 0.629. The first kappa shape index (κ1) is 28.6. The van der Waals surface area contributed by atoms with E-state index in [2.05, 4.69) is 47.4 Å². The second-order valence-corrected chi connectivity index (χ2v) is 13.6. The molecular weight excluding hydrogens is 640 g/mol. The van der Waals surface area contributed by atoms with Crippen molar-refractivity contribution >= 4 is 86.7 Å². The minimum Gasteiger partial charge on any atom is -0.310 e. The van der Waals surface area contributed by atoms with Gasteiger partial charge in [0.25, 0.3) is 0 Å². The number of hydrogen-bond acceptors (Lipinski definition) is 4. The van der Waals surface area contributed by atoms with Crippen LogP contribution in [-0.4, -0.2) is 4.40 Å². The molecule has 0 aliphatic rings. The van der Waals surface area contributed by atoms with Gasteiger partial charge in [0.05, 0.1) is 21.9 Å². The number of pyridine rings is 2. The zero-order valence-corrected chi connectivity index (χ0v) is 27.2. The van der Waals surface area contributed by atoms with Gasteiger partial charge in [-0.15, -0.1) is 11.3 Å². The van der Waals surface area contributed by atoms with Crippen LogP contribution in [0.5, 0.6) is 0 Å². The molecule has 7 aromatic carbocycles. The van der Waals surface area contributed by atoms with E-state index in [0.717, 1.165) is 48.4 Å². The largest absolute Gasteiger partial charge is 0.310 e. The lowest BCUT2D eigenvalue weighted by Crippen LogP contribution is -2.14. The predicted octanol–water partition coefficient (Wildman–Crippen LogP) is 11.2. The van der Waals surface area contributed by atoms with E-state index in [4.69, 9.17) is 0 Å². The van der Waals surface area contributed by atoms with Crippen molar-refractivity contribution in [2.75, 3.05) is 4.90 Å². The summed E-state index contributed by atoms with van der Waals surface area (Å²) in [6.07, 6.45) is 0. The van der Waals surface area contributed by atoms with Gasteiger partial charge in [-0.25, -0.2) is 4.39 Å². The van der Waals surface area contributed by atoms with E-state index in [1.165, 1.54) is 12.1 Å². The van der Waals surface area contributed by atoms with Crippen LogP contribution in [0.25, 0.3) is 69.4 Å². The quantitative estimate of drug-likeness (QED) is 0.139. The van der Waals surface area contributed by atoms with Crippen molar-refractivity contribution < 1.29 is 4.39 Å². The molecule has 0 aliphatic heterocycles. The van der Waals surface area contributed by atoms with Gasteiger partial charge in [0.2, 0.25) is 0 Å². The zero-order chi connectivity index (χ0) is 33.5. The lowest BCUT2D eigenvalue weighted by Gasteiger charge is -2.25. The molecule has 0 atom stereocenters. The highest BCUT2D eigenvalue weighted by atomic mass is 32.1. The Labute approximate surface area is 288 Å². The Balaban J connectivity index is 1.37. The fraction of sp³-hybridized carbons (Fsp3) is 0. The van der Waals surface area contributed by atoms with Gasteiger partial charge in [0.1, 0.15) is 5.82 Å². The number of benzene rings is 7. The van der Waals surface area contributed by atoms with E-state index >= 15 is 4.79 Å². The van der Waals surface area contributed by atoms with E-state index in [1.54, 1.807) is 17.4 Å². The van der Waals surface area contributed by atoms with Gasteiger partial charge < -0.3 is 9.30 Å². The number of nitrogens with zero attached hydrogens (tertiary/aromatic N) is 2. The van der Waals surface area contributed by atoms with Gasteiger partial charge in [0, 0.05) is 53.4 Å². The standard InChI is InChI=1S/C44H25FN2O2S/c45-28-16-18-32-37(24-28)47-36-19-21-39-40(41(36)44(49)35-23-27(26-10-4-1-5-11-26)22-34(42(35)47)43(32)48)33-25-31(17-20-38(33)50-39)46(29-12-6-2-7-13-29)30-14-8-3-9-15-30/h1-25H. The smallest absolute Gasteiger partial charge is 0.197 e. The van der Waals surface area contributed by atoms with E-state index in [-0.39, 0.29) is 10.9 Å². The fourth-order valence-corrected chi connectivity index (χ4v) is 8.65.